The number of fused-ring (bicyclic) bond motifs is 1. The summed E-state index contributed by atoms with van der Waals surface area (Å²) in [6.07, 6.45) is 3.77. The lowest BCUT2D eigenvalue weighted by molar-refractivity contribution is 0.515. The first-order valence-corrected chi connectivity index (χ1v) is 6.88. The van der Waals surface area contributed by atoms with E-state index in [4.69, 9.17) is 17.3 Å². The van der Waals surface area contributed by atoms with Crippen LogP contribution < -0.4 is 16.4 Å². The third kappa shape index (κ3) is 2.36. The first kappa shape index (κ1) is 13.9. The highest BCUT2D eigenvalue weighted by atomic mass is 35.5. The standard InChI is InChI=1S/C14H15ClFN5/c1-2-6-21-8-18-14(15)12(21)11(19-13(17)20-14)9-4-3-5-10(16)7-9/h2-7,18H,8H2,1H3,(H3,17,19,20). The fourth-order valence-corrected chi connectivity index (χ4v) is 2.84. The summed E-state index contributed by atoms with van der Waals surface area (Å²) in [5.74, 6) is -0.143. The lowest BCUT2D eigenvalue weighted by Gasteiger charge is -2.30. The molecule has 2 aliphatic rings. The van der Waals surface area contributed by atoms with Crippen LogP contribution >= 0.6 is 11.6 Å². The van der Waals surface area contributed by atoms with Crippen LogP contribution in [0, 0.1) is 5.82 Å². The molecule has 1 fully saturated rings. The number of aliphatic imine (C=N–C) groups is 1. The maximum Gasteiger partial charge on any atom is 0.234 e. The van der Waals surface area contributed by atoms with Gasteiger partial charge in [-0.3, -0.25) is 5.32 Å². The number of hydrogen-bond donors (Lipinski definition) is 3. The fourth-order valence-electron chi connectivity index (χ4n) is 2.49. The summed E-state index contributed by atoms with van der Waals surface area (Å²) in [7, 11) is 0. The second-order valence-corrected chi connectivity index (χ2v) is 5.31. The number of guanidine groups is 1. The number of halogens is 2. The van der Waals surface area contributed by atoms with Crippen LogP contribution in [0.2, 0.25) is 0 Å². The van der Waals surface area contributed by atoms with Crippen LogP contribution in [0.3, 0.4) is 0 Å². The van der Waals surface area contributed by atoms with E-state index in [1.807, 2.05) is 24.1 Å². The lowest BCUT2D eigenvalue weighted by Crippen LogP contribution is -2.45. The molecule has 21 heavy (non-hydrogen) atoms. The first-order chi connectivity index (χ1) is 10.0. The minimum Gasteiger partial charge on any atom is -0.370 e. The molecule has 3 rings (SSSR count). The second kappa shape index (κ2) is 5.05. The van der Waals surface area contributed by atoms with Crippen molar-refractivity contribution in [3.8, 4) is 0 Å². The van der Waals surface area contributed by atoms with E-state index < -0.39 is 5.12 Å². The molecule has 1 aromatic rings. The van der Waals surface area contributed by atoms with Crippen molar-refractivity contribution >= 4 is 23.3 Å². The highest BCUT2D eigenvalue weighted by Gasteiger charge is 2.45. The number of allylic oxidation sites excluding steroid dienone is 1. The summed E-state index contributed by atoms with van der Waals surface area (Å²) in [6.45, 7) is 2.39. The van der Waals surface area contributed by atoms with Crippen molar-refractivity contribution in [2.24, 2.45) is 10.7 Å². The molecular weight excluding hydrogens is 293 g/mol. The molecule has 0 amide bonds. The fraction of sp³-hybridized carbons (Fsp3) is 0.214. The molecule has 2 aliphatic heterocycles. The molecule has 2 heterocycles. The molecule has 0 bridgehead atoms. The number of nitrogens with two attached hydrogens (primary N) is 1. The summed E-state index contributed by atoms with van der Waals surface area (Å²) >= 11 is 6.54. The summed E-state index contributed by atoms with van der Waals surface area (Å²) in [6, 6.07) is 6.25. The van der Waals surface area contributed by atoms with Crippen molar-refractivity contribution < 1.29 is 4.39 Å². The van der Waals surface area contributed by atoms with Gasteiger partial charge in [-0.1, -0.05) is 29.8 Å². The van der Waals surface area contributed by atoms with Gasteiger partial charge >= 0.3 is 0 Å². The average molecular weight is 308 g/mol. The van der Waals surface area contributed by atoms with Crippen LogP contribution in [-0.4, -0.2) is 22.7 Å². The Morgan fingerprint density at radius 2 is 2.33 bits per heavy atom. The minimum absolute atomic E-state index is 0.183. The Morgan fingerprint density at radius 1 is 1.52 bits per heavy atom. The first-order valence-electron chi connectivity index (χ1n) is 6.50. The monoisotopic (exact) mass is 307 g/mol. The molecule has 5 nitrogen and oxygen atoms in total. The maximum absolute atomic E-state index is 13.5. The van der Waals surface area contributed by atoms with Crippen molar-refractivity contribution in [3.63, 3.8) is 0 Å². The highest BCUT2D eigenvalue weighted by molar-refractivity contribution is 6.27. The smallest absolute Gasteiger partial charge is 0.234 e. The zero-order valence-corrected chi connectivity index (χ0v) is 12.2. The molecule has 0 spiro atoms. The Bertz CT molecular complexity index is 669. The summed E-state index contributed by atoms with van der Waals surface area (Å²) in [5.41, 5.74) is 7.80. The molecule has 0 aromatic heterocycles. The molecule has 1 saturated heterocycles. The van der Waals surface area contributed by atoms with Gasteiger partial charge in [-0.15, -0.1) is 0 Å². The van der Waals surface area contributed by atoms with E-state index in [2.05, 4.69) is 15.6 Å². The van der Waals surface area contributed by atoms with Crippen molar-refractivity contribution in [1.82, 2.24) is 15.5 Å². The van der Waals surface area contributed by atoms with Gasteiger partial charge in [-0.2, -0.15) is 0 Å². The van der Waals surface area contributed by atoms with Crippen LogP contribution in [0.1, 0.15) is 12.5 Å². The van der Waals surface area contributed by atoms with Gasteiger partial charge in [0.05, 0.1) is 12.4 Å². The lowest BCUT2D eigenvalue weighted by atomic mass is 10.1. The Hall–Kier alpha value is -2.05. The average Bonchev–Trinajstić information content (AvgIpc) is 2.75. The van der Waals surface area contributed by atoms with Gasteiger partial charge in [0, 0.05) is 11.8 Å². The van der Waals surface area contributed by atoms with Crippen molar-refractivity contribution in [2.45, 2.75) is 12.0 Å². The quantitative estimate of drug-likeness (QED) is 0.575. The van der Waals surface area contributed by atoms with Gasteiger partial charge in [-0.25, -0.2) is 9.38 Å². The molecule has 0 saturated carbocycles. The third-order valence-corrected chi connectivity index (χ3v) is 3.69. The van der Waals surface area contributed by atoms with Gasteiger partial charge in [0.2, 0.25) is 5.12 Å². The van der Waals surface area contributed by atoms with Gasteiger partial charge in [-0.05, 0) is 19.1 Å². The van der Waals surface area contributed by atoms with Gasteiger partial charge in [0.15, 0.2) is 5.96 Å². The van der Waals surface area contributed by atoms with Gasteiger partial charge in [0.25, 0.3) is 0 Å². The van der Waals surface area contributed by atoms with Gasteiger partial charge in [0.1, 0.15) is 11.5 Å². The summed E-state index contributed by atoms with van der Waals surface area (Å²) in [5, 5.41) is 4.94. The second-order valence-electron chi connectivity index (χ2n) is 4.77. The van der Waals surface area contributed by atoms with Crippen LogP contribution in [0.4, 0.5) is 4.39 Å². The maximum atomic E-state index is 13.5. The molecular formula is C14H15ClFN5. The molecule has 110 valence electrons. The van der Waals surface area contributed by atoms with E-state index >= 15 is 0 Å². The molecule has 0 radical (unpaired) electrons. The summed E-state index contributed by atoms with van der Waals surface area (Å²) < 4.78 is 13.5. The highest BCUT2D eigenvalue weighted by Crippen LogP contribution is 2.38. The van der Waals surface area contributed by atoms with Crippen molar-refractivity contribution in [3.05, 3.63) is 53.6 Å². The number of rotatable bonds is 2. The molecule has 1 unspecified atom stereocenters. The Labute approximate surface area is 127 Å². The zero-order chi connectivity index (χ0) is 15.0. The Balaban J connectivity index is 2.18. The summed E-state index contributed by atoms with van der Waals surface area (Å²) in [4.78, 5) is 6.13. The van der Waals surface area contributed by atoms with E-state index in [0.717, 1.165) is 0 Å². The zero-order valence-electron chi connectivity index (χ0n) is 11.4. The van der Waals surface area contributed by atoms with Crippen LogP contribution in [0.25, 0.3) is 5.70 Å². The Kier molecular flexibility index (Phi) is 3.35. The largest absolute Gasteiger partial charge is 0.370 e. The number of alkyl halides is 1. The van der Waals surface area contributed by atoms with Crippen LogP contribution in [0.15, 0.2) is 47.2 Å². The number of nitrogens with zero attached hydrogens (tertiary/aromatic N) is 2. The number of hydrogen-bond acceptors (Lipinski definition) is 5. The third-order valence-electron chi connectivity index (χ3n) is 3.29. The predicted molar refractivity (Wildman–Crippen MR) is 81.3 cm³/mol. The molecule has 1 atom stereocenters. The molecule has 0 aliphatic carbocycles. The van der Waals surface area contributed by atoms with Crippen molar-refractivity contribution in [2.75, 3.05) is 6.67 Å². The molecule has 1 aromatic carbocycles. The molecule has 7 heteroatoms. The topological polar surface area (TPSA) is 65.7 Å². The Morgan fingerprint density at radius 3 is 3.05 bits per heavy atom. The number of benzene rings is 1. The van der Waals surface area contributed by atoms with E-state index in [-0.39, 0.29) is 11.8 Å². The minimum atomic E-state index is -1.14. The SMILES string of the molecule is CC=CN1CNC2(Cl)N=C(N)NC(c3cccc(F)c3)=C12. The van der Waals surface area contributed by atoms with E-state index in [0.29, 0.717) is 23.6 Å². The van der Waals surface area contributed by atoms with Gasteiger partial charge < -0.3 is 16.0 Å². The van der Waals surface area contributed by atoms with E-state index in [1.54, 1.807) is 12.1 Å². The van der Waals surface area contributed by atoms with E-state index in [1.165, 1.54) is 12.1 Å². The van der Waals surface area contributed by atoms with Crippen LogP contribution in [-0.2, 0) is 0 Å². The van der Waals surface area contributed by atoms with Crippen LogP contribution in [0.5, 0.6) is 0 Å². The predicted octanol–water partition coefficient (Wildman–Crippen LogP) is 1.70. The van der Waals surface area contributed by atoms with Crippen molar-refractivity contribution in [1.29, 1.82) is 0 Å². The van der Waals surface area contributed by atoms with E-state index in [9.17, 15) is 4.39 Å². The number of nitrogens with one attached hydrogen (secondary N) is 2. The normalized spacial score (nSPS) is 25.1. The molecule has 4 N–H and O–H groups in total.